The molecule has 4 aromatic carbocycles. The fourth-order valence-corrected chi connectivity index (χ4v) is 5.66. The Morgan fingerprint density at radius 3 is 2.02 bits per heavy atom. The van der Waals surface area contributed by atoms with Crippen LogP contribution < -0.4 is 4.90 Å². The molecule has 0 aliphatic rings. The Bertz CT molecular complexity index is 1910. The number of phenolic OH excluding ortho intramolecular Hbond substituents is 1. The number of nitrogens with zero attached hydrogens (tertiary/aromatic N) is 3. The second-order valence-corrected chi connectivity index (χ2v) is 12.2. The van der Waals surface area contributed by atoms with Crippen LogP contribution in [0.3, 0.4) is 0 Å². The molecule has 228 valence electrons. The van der Waals surface area contributed by atoms with Gasteiger partial charge in [-0.25, -0.2) is 4.98 Å². The summed E-state index contributed by atoms with van der Waals surface area (Å²) in [5, 5.41) is 11.5. The van der Waals surface area contributed by atoms with E-state index in [1.54, 1.807) is 6.20 Å². The molecule has 0 unspecified atom stereocenters. The monoisotopic (exact) mass is 769 g/mol. The molecule has 0 aliphatic carbocycles. The van der Waals surface area contributed by atoms with Crippen LogP contribution >= 0.6 is 0 Å². The minimum absolute atomic E-state index is 0. The average molecular weight is 770 g/mol. The minimum Gasteiger partial charge on any atom is -0.516 e. The molecule has 5 heteroatoms. The first-order valence-corrected chi connectivity index (χ1v) is 14.9. The Balaban J connectivity index is 0.00000400. The molecule has 0 aliphatic heterocycles. The minimum atomic E-state index is 0. The van der Waals surface area contributed by atoms with E-state index in [9.17, 15) is 5.11 Å². The van der Waals surface area contributed by atoms with Gasteiger partial charge in [-0.15, -0.1) is 29.8 Å². The van der Waals surface area contributed by atoms with Crippen LogP contribution in [0.5, 0.6) is 5.75 Å². The number of rotatable bonds is 6. The van der Waals surface area contributed by atoms with E-state index in [0.717, 1.165) is 62.0 Å². The third-order valence-corrected chi connectivity index (χ3v) is 7.90. The van der Waals surface area contributed by atoms with Crippen molar-refractivity contribution in [1.82, 2.24) is 9.97 Å². The van der Waals surface area contributed by atoms with Gasteiger partial charge >= 0.3 is 0 Å². The topological polar surface area (TPSA) is 49.2 Å². The second-order valence-electron chi connectivity index (χ2n) is 12.2. The third-order valence-electron chi connectivity index (χ3n) is 7.90. The molecule has 2 aromatic heterocycles. The van der Waals surface area contributed by atoms with Crippen LogP contribution in [0, 0.1) is 19.9 Å². The fraction of sp³-hybridized carbons (Fsp3) is 0.150. The van der Waals surface area contributed by atoms with Crippen molar-refractivity contribution in [3.05, 3.63) is 144 Å². The van der Waals surface area contributed by atoms with Crippen molar-refractivity contribution in [3.8, 4) is 39.4 Å². The molecule has 4 nitrogen and oxygen atoms in total. The molecule has 1 N–H and O–H groups in total. The van der Waals surface area contributed by atoms with Crippen molar-refractivity contribution in [1.29, 1.82) is 0 Å². The van der Waals surface area contributed by atoms with Crippen LogP contribution in [-0.2, 0) is 26.5 Å². The number of phenols is 1. The van der Waals surface area contributed by atoms with Gasteiger partial charge in [0, 0.05) is 32.8 Å². The Morgan fingerprint density at radius 1 is 0.689 bits per heavy atom. The standard InChI is InChI=1S/C40H36N3O.Pt/c1-27-24-31(40(3,4)5)25-28(2)38(27)43(37-22-13-21-36(42-37)35-20-9-10-23-41-35)32-17-11-16-30(26-32)34-19-12-18-33(39(34)44)29-14-7-6-8-15-29;/h6-25,44H,1-5H3;/q-1;. The largest absolute Gasteiger partial charge is 0.516 e. The van der Waals surface area contributed by atoms with E-state index < -0.39 is 0 Å². The number of para-hydroxylation sites is 1. The van der Waals surface area contributed by atoms with Gasteiger partial charge in [0.05, 0.1) is 22.8 Å². The van der Waals surface area contributed by atoms with Crippen molar-refractivity contribution >= 4 is 17.2 Å². The Kier molecular flexibility index (Phi) is 9.37. The first-order valence-electron chi connectivity index (χ1n) is 14.9. The summed E-state index contributed by atoms with van der Waals surface area (Å²) in [5.74, 6) is 0.995. The van der Waals surface area contributed by atoms with Crippen LogP contribution in [0.4, 0.5) is 17.2 Å². The maximum absolute atomic E-state index is 11.5. The summed E-state index contributed by atoms with van der Waals surface area (Å²) in [6, 6.07) is 42.0. The van der Waals surface area contributed by atoms with E-state index in [0.29, 0.717) is 0 Å². The molecule has 0 spiro atoms. The van der Waals surface area contributed by atoms with Gasteiger partial charge in [0.25, 0.3) is 0 Å². The van der Waals surface area contributed by atoms with Crippen LogP contribution in [0.15, 0.2) is 121 Å². The number of hydrogen-bond acceptors (Lipinski definition) is 4. The zero-order valence-electron chi connectivity index (χ0n) is 26.2. The van der Waals surface area contributed by atoms with E-state index in [1.807, 2.05) is 103 Å². The summed E-state index contributed by atoms with van der Waals surface area (Å²) >= 11 is 0. The molecule has 0 radical (unpaired) electrons. The quantitative estimate of drug-likeness (QED) is 0.172. The van der Waals surface area contributed by atoms with Gasteiger partial charge in [-0.1, -0.05) is 99.1 Å². The second kappa shape index (κ2) is 13.2. The Labute approximate surface area is 280 Å². The first kappa shape index (κ1) is 31.9. The van der Waals surface area contributed by atoms with Crippen molar-refractivity contribution in [3.63, 3.8) is 0 Å². The van der Waals surface area contributed by atoms with Crippen molar-refractivity contribution in [2.45, 2.75) is 40.0 Å². The van der Waals surface area contributed by atoms with Gasteiger partial charge in [-0.05, 0) is 71.5 Å². The van der Waals surface area contributed by atoms with Gasteiger partial charge in [-0.2, -0.15) is 0 Å². The van der Waals surface area contributed by atoms with Crippen LogP contribution in [0.1, 0.15) is 37.5 Å². The van der Waals surface area contributed by atoms with Crippen LogP contribution in [0.2, 0.25) is 0 Å². The molecule has 0 saturated heterocycles. The Hall–Kier alpha value is -4.53. The summed E-state index contributed by atoms with van der Waals surface area (Å²) in [7, 11) is 0. The average Bonchev–Trinajstić information content (AvgIpc) is 3.03. The predicted octanol–water partition coefficient (Wildman–Crippen LogP) is 10.4. The normalized spacial score (nSPS) is 11.1. The maximum Gasteiger partial charge on any atom is 0.136 e. The number of pyridine rings is 2. The fourth-order valence-electron chi connectivity index (χ4n) is 5.66. The molecule has 6 rings (SSSR count). The summed E-state index contributed by atoms with van der Waals surface area (Å²) in [6.07, 6.45) is 1.79. The molecule has 6 aromatic rings. The SMILES string of the molecule is Cc1cc(C(C)(C)C)cc(C)c1N(c1[c-]c(-c2cccc(-c3ccccc3)c2O)ccc1)c1cccc(-c2ccccn2)n1.[Pt]. The number of benzene rings is 4. The number of aromatic hydroxyl groups is 1. The zero-order chi connectivity index (χ0) is 30.8. The molecule has 0 atom stereocenters. The summed E-state index contributed by atoms with van der Waals surface area (Å²) in [5.41, 5.74) is 10.3. The molecular formula is C40H36N3OPt-. The van der Waals surface area contributed by atoms with Gasteiger partial charge in [0.2, 0.25) is 0 Å². The maximum atomic E-state index is 11.5. The summed E-state index contributed by atoms with van der Waals surface area (Å²) in [6.45, 7) is 11.0. The van der Waals surface area contributed by atoms with Gasteiger partial charge in [0.15, 0.2) is 0 Å². The smallest absolute Gasteiger partial charge is 0.136 e. The molecule has 0 saturated carbocycles. The number of aromatic nitrogens is 2. The molecule has 0 bridgehead atoms. The Morgan fingerprint density at radius 2 is 1.33 bits per heavy atom. The predicted molar refractivity (Wildman–Crippen MR) is 182 cm³/mol. The molecular weight excluding hydrogens is 734 g/mol. The van der Waals surface area contributed by atoms with E-state index in [1.165, 1.54) is 5.56 Å². The van der Waals surface area contributed by atoms with E-state index in [-0.39, 0.29) is 32.2 Å². The van der Waals surface area contributed by atoms with E-state index in [4.69, 9.17) is 4.98 Å². The van der Waals surface area contributed by atoms with Crippen molar-refractivity contribution in [2.24, 2.45) is 0 Å². The first-order chi connectivity index (χ1) is 21.2. The van der Waals surface area contributed by atoms with Crippen molar-refractivity contribution < 1.29 is 26.2 Å². The summed E-state index contributed by atoms with van der Waals surface area (Å²) in [4.78, 5) is 11.8. The molecule has 0 amide bonds. The van der Waals surface area contributed by atoms with Gasteiger partial charge < -0.3 is 10.0 Å². The van der Waals surface area contributed by atoms with Crippen molar-refractivity contribution in [2.75, 3.05) is 4.90 Å². The van der Waals surface area contributed by atoms with Crippen LogP contribution in [0.25, 0.3) is 33.6 Å². The number of anilines is 3. The molecule has 0 fully saturated rings. The van der Waals surface area contributed by atoms with Gasteiger partial charge in [0.1, 0.15) is 5.82 Å². The van der Waals surface area contributed by atoms with E-state index >= 15 is 0 Å². The number of aryl methyl sites for hydroxylation is 2. The number of hydrogen-bond donors (Lipinski definition) is 1. The summed E-state index contributed by atoms with van der Waals surface area (Å²) < 4.78 is 0. The van der Waals surface area contributed by atoms with Gasteiger partial charge in [-0.3, -0.25) is 4.98 Å². The zero-order valence-corrected chi connectivity index (χ0v) is 28.4. The molecule has 2 heterocycles. The third kappa shape index (κ3) is 6.62. The van der Waals surface area contributed by atoms with Crippen LogP contribution in [-0.4, -0.2) is 15.1 Å². The molecule has 45 heavy (non-hydrogen) atoms. The van der Waals surface area contributed by atoms with E-state index in [2.05, 4.69) is 62.7 Å².